The van der Waals surface area contributed by atoms with Crippen molar-refractivity contribution >= 4 is 34.4 Å². The Morgan fingerprint density at radius 2 is 2.07 bits per heavy atom. The van der Waals surface area contributed by atoms with E-state index in [1.54, 1.807) is 6.07 Å². The molecule has 2 fully saturated rings. The molecular formula is C22H22N4O4. The summed E-state index contributed by atoms with van der Waals surface area (Å²) in [5, 5.41) is 2.96. The smallest absolute Gasteiger partial charge is 0.299 e. The Morgan fingerprint density at radius 1 is 1.17 bits per heavy atom. The normalized spacial score (nSPS) is 19.1. The van der Waals surface area contributed by atoms with Gasteiger partial charge in [-0.3, -0.25) is 4.79 Å². The van der Waals surface area contributed by atoms with Crippen LogP contribution < -0.4 is 19.9 Å². The number of carbonyl (C=O) groups is 1. The van der Waals surface area contributed by atoms with Crippen molar-refractivity contribution in [2.45, 2.75) is 12.0 Å². The first-order valence-electron chi connectivity index (χ1n) is 10.2. The van der Waals surface area contributed by atoms with Crippen LogP contribution in [-0.4, -0.2) is 56.4 Å². The van der Waals surface area contributed by atoms with Gasteiger partial charge in [0, 0.05) is 24.8 Å². The molecule has 2 saturated heterocycles. The lowest BCUT2D eigenvalue weighted by atomic mass is 9.83. The fourth-order valence-corrected chi connectivity index (χ4v) is 4.28. The number of oxazole rings is 1. The Bertz CT molecular complexity index is 1150. The molecule has 1 N–H and O–H groups in total. The minimum atomic E-state index is -0.173. The number of benzene rings is 2. The van der Waals surface area contributed by atoms with Gasteiger partial charge in [-0.15, -0.1) is 0 Å². The summed E-state index contributed by atoms with van der Waals surface area (Å²) in [5.74, 6) is 0.630. The van der Waals surface area contributed by atoms with E-state index in [0.717, 1.165) is 49.7 Å². The molecule has 2 aromatic carbocycles. The van der Waals surface area contributed by atoms with Crippen molar-refractivity contribution < 1.29 is 18.7 Å². The Balaban J connectivity index is 1.23. The Kier molecular flexibility index (Phi) is 3.73. The quantitative estimate of drug-likeness (QED) is 0.716. The van der Waals surface area contributed by atoms with Crippen LogP contribution in [0.2, 0.25) is 0 Å². The SMILES string of the molecule is CN1CCOc2ccc(C(=O)Nc3ccc4oc(N5CCC56COC6)nc4c3)cc21. The van der Waals surface area contributed by atoms with Gasteiger partial charge in [-0.1, -0.05) is 0 Å². The molecule has 3 aliphatic heterocycles. The average Bonchev–Trinajstić information content (AvgIpc) is 3.08. The molecule has 154 valence electrons. The highest BCUT2D eigenvalue weighted by Gasteiger charge is 2.52. The molecule has 0 radical (unpaired) electrons. The molecule has 0 aliphatic carbocycles. The molecule has 3 aliphatic rings. The maximum atomic E-state index is 12.8. The fraction of sp³-hybridized carbons (Fsp3) is 0.364. The molecule has 4 heterocycles. The first-order chi connectivity index (χ1) is 14.6. The van der Waals surface area contributed by atoms with E-state index >= 15 is 0 Å². The number of ether oxygens (including phenoxy) is 2. The third-order valence-corrected chi connectivity index (χ3v) is 6.30. The molecule has 8 nitrogen and oxygen atoms in total. The van der Waals surface area contributed by atoms with Crippen LogP contribution in [0.5, 0.6) is 5.75 Å². The maximum absolute atomic E-state index is 12.8. The van der Waals surface area contributed by atoms with Gasteiger partial charge in [-0.2, -0.15) is 4.98 Å². The average molecular weight is 406 g/mol. The third kappa shape index (κ3) is 2.64. The number of hydrogen-bond acceptors (Lipinski definition) is 7. The summed E-state index contributed by atoms with van der Waals surface area (Å²) in [5.41, 5.74) is 3.69. The highest BCUT2D eigenvalue weighted by Crippen LogP contribution is 2.41. The first kappa shape index (κ1) is 17.6. The number of amides is 1. The molecule has 30 heavy (non-hydrogen) atoms. The Morgan fingerprint density at radius 3 is 2.83 bits per heavy atom. The van der Waals surface area contributed by atoms with E-state index in [4.69, 9.17) is 13.9 Å². The van der Waals surface area contributed by atoms with Gasteiger partial charge in [0.1, 0.15) is 17.9 Å². The molecule has 6 rings (SSSR count). The standard InChI is InChI=1S/C22H22N4O4/c1-25-8-9-29-19-4-2-14(10-17(19)25)20(27)23-15-3-5-18-16(11-15)24-21(30-18)26-7-6-22(26)12-28-13-22/h2-5,10-11H,6-9,12-13H2,1H3,(H,23,27). The summed E-state index contributed by atoms with van der Waals surface area (Å²) in [4.78, 5) is 21.7. The van der Waals surface area contributed by atoms with Crippen LogP contribution in [0.3, 0.4) is 0 Å². The number of aromatic nitrogens is 1. The van der Waals surface area contributed by atoms with Crippen LogP contribution in [-0.2, 0) is 4.74 Å². The van der Waals surface area contributed by atoms with Gasteiger partial charge < -0.3 is 29.0 Å². The van der Waals surface area contributed by atoms with E-state index in [2.05, 4.69) is 20.1 Å². The summed E-state index contributed by atoms with van der Waals surface area (Å²) in [6.07, 6.45) is 1.11. The third-order valence-electron chi connectivity index (χ3n) is 6.30. The Labute approximate surface area is 173 Å². The van der Waals surface area contributed by atoms with E-state index in [0.29, 0.717) is 29.5 Å². The molecule has 1 amide bonds. The van der Waals surface area contributed by atoms with E-state index in [1.165, 1.54) is 0 Å². The van der Waals surface area contributed by atoms with Gasteiger partial charge in [0.15, 0.2) is 5.58 Å². The summed E-state index contributed by atoms with van der Waals surface area (Å²) in [6.45, 7) is 3.84. The first-order valence-corrected chi connectivity index (χ1v) is 10.2. The molecule has 0 unspecified atom stereocenters. The number of likely N-dealkylation sites (N-methyl/N-ethyl adjacent to an activating group) is 1. The largest absolute Gasteiger partial charge is 0.490 e. The van der Waals surface area contributed by atoms with Crippen molar-refractivity contribution in [1.82, 2.24) is 4.98 Å². The molecule has 1 spiro atoms. The second-order valence-electron chi connectivity index (χ2n) is 8.20. The van der Waals surface area contributed by atoms with Crippen LogP contribution in [0.1, 0.15) is 16.8 Å². The van der Waals surface area contributed by atoms with Crippen molar-refractivity contribution in [3.63, 3.8) is 0 Å². The van der Waals surface area contributed by atoms with Crippen molar-refractivity contribution in [3.8, 4) is 5.75 Å². The number of carbonyl (C=O) groups excluding carboxylic acids is 1. The van der Waals surface area contributed by atoms with Crippen LogP contribution in [0, 0.1) is 0 Å². The lowest BCUT2D eigenvalue weighted by Crippen LogP contribution is -2.71. The summed E-state index contributed by atoms with van der Waals surface area (Å²) in [7, 11) is 2.00. The maximum Gasteiger partial charge on any atom is 0.299 e. The zero-order chi connectivity index (χ0) is 20.3. The van der Waals surface area contributed by atoms with Gasteiger partial charge in [0.25, 0.3) is 11.9 Å². The van der Waals surface area contributed by atoms with E-state index < -0.39 is 0 Å². The molecule has 0 atom stereocenters. The highest BCUT2D eigenvalue weighted by atomic mass is 16.5. The number of nitrogens with zero attached hydrogens (tertiary/aromatic N) is 3. The molecular weight excluding hydrogens is 384 g/mol. The van der Waals surface area contributed by atoms with Gasteiger partial charge in [0.2, 0.25) is 0 Å². The topological polar surface area (TPSA) is 80.1 Å². The zero-order valence-corrected chi connectivity index (χ0v) is 16.7. The van der Waals surface area contributed by atoms with Crippen molar-refractivity contribution in [2.75, 3.05) is 55.1 Å². The Hall–Kier alpha value is -3.26. The van der Waals surface area contributed by atoms with Crippen molar-refractivity contribution in [2.24, 2.45) is 0 Å². The lowest BCUT2D eigenvalue weighted by Gasteiger charge is -2.56. The minimum Gasteiger partial charge on any atom is -0.490 e. The highest BCUT2D eigenvalue weighted by molar-refractivity contribution is 6.05. The number of hydrogen-bond donors (Lipinski definition) is 1. The fourth-order valence-electron chi connectivity index (χ4n) is 4.28. The van der Waals surface area contributed by atoms with Gasteiger partial charge >= 0.3 is 0 Å². The second-order valence-corrected chi connectivity index (χ2v) is 8.20. The van der Waals surface area contributed by atoms with Crippen molar-refractivity contribution in [3.05, 3.63) is 42.0 Å². The molecule has 8 heteroatoms. The number of nitrogens with one attached hydrogen (secondary N) is 1. The number of fused-ring (bicyclic) bond motifs is 2. The van der Waals surface area contributed by atoms with Crippen LogP contribution in [0.15, 0.2) is 40.8 Å². The van der Waals surface area contributed by atoms with Crippen molar-refractivity contribution in [1.29, 1.82) is 0 Å². The lowest BCUT2D eigenvalue weighted by molar-refractivity contribution is -0.0870. The monoisotopic (exact) mass is 406 g/mol. The van der Waals surface area contributed by atoms with Crippen LogP contribution in [0.25, 0.3) is 11.1 Å². The minimum absolute atomic E-state index is 0.0707. The van der Waals surface area contributed by atoms with Crippen LogP contribution >= 0.6 is 0 Å². The van der Waals surface area contributed by atoms with Gasteiger partial charge in [-0.05, 0) is 42.8 Å². The predicted octanol–water partition coefficient (Wildman–Crippen LogP) is 2.89. The predicted molar refractivity (Wildman–Crippen MR) is 113 cm³/mol. The second kappa shape index (κ2) is 6.37. The number of anilines is 3. The van der Waals surface area contributed by atoms with E-state index in [1.807, 2.05) is 37.4 Å². The van der Waals surface area contributed by atoms with Gasteiger partial charge in [0.05, 0.1) is 31.0 Å². The van der Waals surface area contributed by atoms with E-state index in [-0.39, 0.29) is 11.4 Å². The summed E-state index contributed by atoms with van der Waals surface area (Å²) >= 11 is 0. The summed E-state index contributed by atoms with van der Waals surface area (Å²) in [6, 6.07) is 11.6. The zero-order valence-electron chi connectivity index (χ0n) is 16.7. The molecule has 0 bridgehead atoms. The van der Waals surface area contributed by atoms with E-state index in [9.17, 15) is 4.79 Å². The molecule has 0 saturated carbocycles. The van der Waals surface area contributed by atoms with Gasteiger partial charge in [-0.25, -0.2) is 0 Å². The molecule has 1 aromatic heterocycles. The summed E-state index contributed by atoms with van der Waals surface area (Å²) < 4.78 is 17.0. The van der Waals surface area contributed by atoms with Crippen LogP contribution in [0.4, 0.5) is 17.4 Å². The number of rotatable bonds is 3. The molecule has 3 aromatic rings.